The fourth-order valence-electron chi connectivity index (χ4n) is 2.16. The monoisotopic (exact) mass is 318 g/mol. The third-order valence-corrected chi connectivity index (χ3v) is 3.49. The maximum absolute atomic E-state index is 12.3. The van der Waals surface area contributed by atoms with Gasteiger partial charge in [0.05, 0.1) is 18.2 Å². The van der Waals surface area contributed by atoms with Crippen molar-refractivity contribution >= 4 is 17.5 Å². The number of carbonyl (C=O) groups excluding carboxylic acids is 1. The SMILES string of the molecule is CCOc1ccc(C)cc1C(C)NC(=O)c1ccc(Cl)nc1. The molecule has 0 saturated carbocycles. The molecular weight excluding hydrogens is 300 g/mol. The first-order valence-corrected chi connectivity index (χ1v) is 7.54. The van der Waals surface area contributed by atoms with Gasteiger partial charge in [-0.2, -0.15) is 0 Å². The molecule has 1 aromatic carbocycles. The Morgan fingerprint density at radius 1 is 1.36 bits per heavy atom. The minimum Gasteiger partial charge on any atom is -0.494 e. The summed E-state index contributed by atoms with van der Waals surface area (Å²) in [5.74, 6) is 0.593. The molecule has 0 fully saturated rings. The number of ether oxygens (including phenoxy) is 1. The van der Waals surface area contributed by atoms with E-state index in [1.807, 2.05) is 39.0 Å². The number of aryl methyl sites for hydroxylation is 1. The summed E-state index contributed by atoms with van der Waals surface area (Å²) in [6.45, 7) is 6.46. The van der Waals surface area contributed by atoms with Crippen molar-refractivity contribution in [3.63, 3.8) is 0 Å². The van der Waals surface area contributed by atoms with Crippen LogP contribution in [0, 0.1) is 6.92 Å². The molecule has 0 bridgehead atoms. The molecule has 1 heterocycles. The van der Waals surface area contributed by atoms with Crippen LogP contribution in [0.4, 0.5) is 0 Å². The number of halogens is 1. The van der Waals surface area contributed by atoms with Gasteiger partial charge in [0.2, 0.25) is 0 Å². The van der Waals surface area contributed by atoms with Gasteiger partial charge in [-0.15, -0.1) is 0 Å². The van der Waals surface area contributed by atoms with E-state index in [4.69, 9.17) is 16.3 Å². The van der Waals surface area contributed by atoms with Gasteiger partial charge in [0, 0.05) is 11.8 Å². The quantitative estimate of drug-likeness (QED) is 0.850. The van der Waals surface area contributed by atoms with Crippen LogP contribution in [-0.2, 0) is 0 Å². The van der Waals surface area contributed by atoms with Gasteiger partial charge < -0.3 is 10.1 Å². The van der Waals surface area contributed by atoms with Crippen molar-refractivity contribution < 1.29 is 9.53 Å². The van der Waals surface area contributed by atoms with Gasteiger partial charge >= 0.3 is 0 Å². The topological polar surface area (TPSA) is 51.2 Å². The zero-order valence-electron chi connectivity index (χ0n) is 12.9. The fourth-order valence-corrected chi connectivity index (χ4v) is 2.27. The van der Waals surface area contributed by atoms with E-state index < -0.39 is 0 Å². The minimum atomic E-state index is -0.194. The Balaban J connectivity index is 2.17. The van der Waals surface area contributed by atoms with Gasteiger partial charge in [-0.05, 0) is 39.0 Å². The van der Waals surface area contributed by atoms with E-state index in [-0.39, 0.29) is 11.9 Å². The lowest BCUT2D eigenvalue weighted by molar-refractivity contribution is 0.0939. The molecule has 5 heteroatoms. The predicted octanol–water partition coefficient (Wildman–Crippen LogP) is 3.93. The number of carbonyl (C=O) groups is 1. The summed E-state index contributed by atoms with van der Waals surface area (Å²) in [7, 11) is 0. The van der Waals surface area contributed by atoms with Crippen LogP contribution in [-0.4, -0.2) is 17.5 Å². The Labute approximate surface area is 135 Å². The first-order valence-electron chi connectivity index (χ1n) is 7.17. The Bertz CT molecular complexity index is 656. The minimum absolute atomic E-state index is 0.176. The van der Waals surface area contributed by atoms with Crippen molar-refractivity contribution in [3.05, 3.63) is 58.4 Å². The van der Waals surface area contributed by atoms with Crippen molar-refractivity contribution in [1.29, 1.82) is 0 Å². The van der Waals surface area contributed by atoms with E-state index in [2.05, 4.69) is 10.3 Å². The highest BCUT2D eigenvalue weighted by molar-refractivity contribution is 6.29. The molecule has 0 spiro atoms. The van der Waals surface area contributed by atoms with Crippen LogP contribution in [0.1, 0.15) is 41.4 Å². The largest absolute Gasteiger partial charge is 0.494 e. The average molecular weight is 319 g/mol. The highest BCUT2D eigenvalue weighted by Gasteiger charge is 2.16. The van der Waals surface area contributed by atoms with Crippen molar-refractivity contribution in [2.45, 2.75) is 26.8 Å². The summed E-state index contributed by atoms with van der Waals surface area (Å²) in [4.78, 5) is 16.2. The molecule has 2 aromatic rings. The van der Waals surface area contributed by atoms with Crippen LogP contribution < -0.4 is 10.1 Å². The zero-order chi connectivity index (χ0) is 16.1. The Morgan fingerprint density at radius 2 is 2.14 bits per heavy atom. The fraction of sp³-hybridized carbons (Fsp3) is 0.294. The van der Waals surface area contributed by atoms with Gasteiger partial charge in [-0.3, -0.25) is 4.79 Å². The van der Waals surface area contributed by atoms with Crippen molar-refractivity contribution in [1.82, 2.24) is 10.3 Å². The maximum Gasteiger partial charge on any atom is 0.253 e. The lowest BCUT2D eigenvalue weighted by Crippen LogP contribution is -2.27. The van der Waals surface area contributed by atoms with Gasteiger partial charge in [0.1, 0.15) is 10.9 Å². The normalized spacial score (nSPS) is 11.8. The number of pyridine rings is 1. The Kier molecular flexibility index (Phi) is 5.39. The number of nitrogens with zero attached hydrogens (tertiary/aromatic N) is 1. The standard InChI is InChI=1S/C17H19ClN2O2/c1-4-22-15-7-5-11(2)9-14(15)12(3)20-17(21)13-6-8-16(18)19-10-13/h5-10,12H,4H2,1-3H3,(H,20,21). The van der Waals surface area contributed by atoms with E-state index in [1.54, 1.807) is 12.1 Å². The molecule has 0 aliphatic rings. The average Bonchev–Trinajstić information content (AvgIpc) is 2.49. The third-order valence-electron chi connectivity index (χ3n) is 3.27. The number of hydrogen-bond donors (Lipinski definition) is 1. The molecule has 0 saturated heterocycles. The molecule has 116 valence electrons. The summed E-state index contributed by atoms with van der Waals surface area (Å²) in [5.41, 5.74) is 2.55. The molecule has 22 heavy (non-hydrogen) atoms. The van der Waals surface area contributed by atoms with Crippen LogP contribution >= 0.6 is 11.6 Å². The molecule has 1 unspecified atom stereocenters. The zero-order valence-corrected chi connectivity index (χ0v) is 13.6. The first kappa shape index (κ1) is 16.3. The molecule has 1 N–H and O–H groups in total. The van der Waals surface area contributed by atoms with Crippen molar-refractivity contribution in [2.24, 2.45) is 0 Å². The predicted molar refractivity (Wildman–Crippen MR) is 87.5 cm³/mol. The number of hydrogen-bond acceptors (Lipinski definition) is 3. The lowest BCUT2D eigenvalue weighted by Gasteiger charge is -2.18. The summed E-state index contributed by atoms with van der Waals surface area (Å²) in [6.07, 6.45) is 1.46. The number of amides is 1. The molecule has 0 aliphatic carbocycles. The van der Waals surface area contributed by atoms with Crippen LogP contribution in [0.3, 0.4) is 0 Å². The molecule has 0 aliphatic heterocycles. The Morgan fingerprint density at radius 3 is 2.77 bits per heavy atom. The van der Waals surface area contributed by atoms with Crippen LogP contribution in [0.25, 0.3) is 0 Å². The molecule has 4 nitrogen and oxygen atoms in total. The highest BCUT2D eigenvalue weighted by atomic mass is 35.5. The second-order valence-electron chi connectivity index (χ2n) is 5.04. The van der Waals surface area contributed by atoms with Gasteiger partial charge in [-0.25, -0.2) is 4.98 Å². The van der Waals surface area contributed by atoms with Crippen LogP contribution in [0.5, 0.6) is 5.75 Å². The molecular formula is C17H19ClN2O2. The van der Waals surface area contributed by atoms with Gasteiger partial charge in [0.25, 0.3) is 5.91 Å². The number of benzene rings is 1. The molecule has 1 aromatic heterocycles. The lowest BCUT2D eigenvalue weighted by atomic mass is 10.0. The summed E-state index contributed by atoms with van der Waals surface area (Å²) < 4.78 is 5.64. The maximum atomic E-state index is 12.3. The van der Waals surface area contributed by atoms with Crippen molar-refractivity contribution in [3.8, 4) is 5.75 Å². The summed E-state index contributed by atoms with van der Waals surface area (Å²) in [6, 6.07) is 9.02. The molecule has 1 amide bonds. The Hall–Kier alpha value is -2.07. The number of aromatic nitrogens is 1. The summed E-state index contributed by atoms with van der Waals surface area (Å²) >= 11 is 5.73. The second kappa shape index (κ2) is 7.27. The van der Waals surface area contributed by atoms with E-state index >= 15 is 0 Å². The van der Waals surface area contributed by atoms with Gasteiger partial charge in [-0.1, -0.05) is 29.3 Å². The molecule has 1 atom stereocenters. The second-order valence-corrected chi connectivity index (χ2v) is 5.43. The van der Waals surface area contributed by atoms with E-state index in [1.165, 1.54) is 6.20 Å². The molecule has 2 rings (SSSR count). The third kappa shape index (κ3) is 3.98. The highest BCUT2D eigenvalue weighted by Crippen LogP contribution is 2.26. The van der Waals surface area contributed by atoms with Crippen LogP contribution in [0.2, 0.25) is 5.15 Å². The first-order chi connectivity index (χ1) is 10.5. The van der Waals surface area contributed by atoms with E-state index in [0.29, 0.717) is 17.3 Å². The number of nitrogens with one attached hydrogen (secondary N) is 1. The smallest absolute Gasteiger partial charge is 0.253 e. The van der Waals surface area contributed by atoms with Crippen LogP contribution in [0.15, 0.2) is 36.5 Å². The van der Waals surface area contributed by atoms with Crippen molar-refractivity contribution in [2.75, 3.05) is 6.61 Å². The van der Waals surface area contributed by atoms with E-state index in [0.717, 1.165) is 16.9 Å². The summed E-state index contributed by atoms with van der Waals surface area (Å²) in [5, 5.41) is 3.32. The molecule has 0 radical (unpaired) electrons. The number of rotatable bonds is 5. The van der Waals surface area contributed by atoms with Gasteiger partial charge in [0.15, 0.2) is 0 Å². The van der Waals surface area contributed by atoms with E-state index in [9.17, 15) is 4.79 Å².